The molecule has 1 saturated heterocycles. The molecule has 1 aliphatic rings. The molecule has 1 aliphatic heterocycles. The lowest BCUT2D eigenvalue weighted by Gasteiger charge is -2.29. The lowest BCUT2D eigenvalue weighted by Crippen LogP contribution is -2.42. The van der Waals surface area contributed by atoms with Crippen LogP contribution < -0.4 is 4.74 Å². The third-order valence-corrected chi connectivity index (χ3v) is 4.34. The minimum atomic E-state index is -4.20. The average molecular weight is 342 g/mol. The van der Waals surface area contributed by atoms with Crippen LogP contribution in [0.5, 0.6) is 5.75 Å². The fourth-order valence-corrected chi connectivity index (χ4v) is 2.71. The van der Waals surface area contributed by atoms with Crippen molar-refractivity contribution >= 4 is 19.7 Å². The van der Waals surface area contributed by atoms with Crippen LogP contribution in [-0.4, -0.2) is 52.8 Å². The Balaban J connectivity index is 2.10. The van der Waals surface area contributed by atoms with Crippen molar-refractivity contribution in [2.75, 3.05) is 33.4 Å². The number of hydrogen-bond donors (Lipinski definition) is 0. The highest BCUT2D eigenvalue weighted by Gasteiger charge is 2.22. The zero-order valence-corrected chi connectivity index (χ0v) is 12.8. The summed E-state index contributed by atoms with van der Waals surface area (Å²) in [7, 11) is 2.74. The van der Waals surface area contributed by atoms with E-state index < -0.39 is 31.3 Å². The van der Waals surface area contributed by atoms with Crippen molar-refractivity contribution in [2.45, 2.75) is 11.0 Å². The molecule has 0 N–H and O–H groups in total. The van der Waals surface area contributed by atoms with Gasteiger partial charge < -0.3 is 14.4 Å². The lowest BCUT2D eigenvalue weighted by molar-refractivity contribution is -0.0413. The molecule has 5 nitrogen and oxygen atoms in total. The fourth-order valence-electron chi connectivity index (χ4n) is 1.96. The predicted octanol–water partition coefficient (Wildman–Crippen LogP) is 1.60. The van der Waals surface area contributed by atoms with Gasteiger partial charge in [0.25, 0.3) is 9.05 Å². The molecule has 1 unspecified atom stereocenters. The van der Waals surface area contributed by atoms with Gasteiger partial charge in [-0.05, 0) is 19.2 Å². The second-order valence-electron chi connectivity index (χ2n) is 4.72. The van der Waals surface area contributed by atoms with Crippen molar-refractivity contribution in [1.82, 2.24) is 4.90 Å². The zero-order chi connectivity index (χ0) is 15.6. The van der Waals surface area contributed by atoms with Gasteiger partial charge in [0, 0.05) is 23.8 Å². The first kappa shape index (κ1) is 16.4. The molecule has 118 valence electrons. The molecule has 2 rings (SSSR count). The SMILES string of the molecule is CN1CCOC(COc2c(F)cc(S(=O)(=O)Cl)cc2F)C1. The van der Waals surface area contributed by atoms with Gasteiger partial charge in [-0.1, -0.05) is 0 Å². The van der Waals surface area contributed by atoms with Gasteiger partial charge >= 0.3 is 0 Å². The topological polar surface area (TPSA) is 55.8 Å². The van der Waals surface area contributed by atoms with Crippen LogP contribution >= 0.6 is 10.7 Å². The Hall–Kier alpha value is -0.960. The summed E-state index contributed by atoms with van der Waals surface area (Å²) in [5, 5.41) is 0. The highest BCUT2D eigenvalue weighted by molar-refractivity contribution is 8.13. The van der Waals surface area contributed by atoms with Gasteiger partial charge in [0.05, 0.1) is 11.5 Å². The average Bonchev–Trinajstić information content (AvgIpc) is 2.36. The molecule has 1 heterocycles. The van der Waals surface area contributed by atoms with E-state index >= 15 is 0 Å². The Morgan fingerprint density at radius 2 is 2.05 bits per heavy atom. The van der Waals surface area contributed by atoms with Crippen LogP contribution in [0.3, 0.4) is 0 Å². The lowest BCUT2D eigenvalue weighted by atomic mass is 10.3. The van der Waals surface area contributed by atoms with E-state index in [1.54, 1.807) is 0 Å². The van der Waals surface area contributed by atoms with E-state index in [9.17, 15) is 17.2 Å². The molecular formula is C12H14ClF2NO4S. The number of rotatable bonds is 4. The highest BCUT2D eigenvalue weighted by Crippen LogP contribution is 2.27. The first-order chi connectivity index (χ1) is 9.77. The Labute approximate surface area is 125 Å². The van der Waals surface area contributed by atoms with Crippen LogP contribution in [0.4, 0.5) is 8.78 Å². The van der Waals surface area contributed by atoms with Gasteiger partial charge in [0.1, 0.15) is 12.7 Å². The molecule has 9 heteroatoms. The van der Waals surface area contributed by atoms with Gasteiger partial charge in [-0.2, -0.15) is 0 Å². The maximum Gasteiger partial charge on any atom is 0.261 e. The van der Waals surface area contributed by atoms with Crippen LogP contribution in [0, 0.1) is 11.6 Å². The minimum Gasteiger partial charge on any atom is -0.485 e. The van der Waals surface area contributed by atoms with E-state index in [2.05, 4.69) is 0 Å². The molecule has 1 fully saturated rings. The summed E-state index contributed by atoms with van der Waals surface area (Å²) in [6, 6.07) is 1.24. The summed E-state index contributed by atoms with van der Waals surface area (Å²) in [4.78, 5) is 1.35. The summed E-state index contributed by atoms with van der Waals surface area (Å²) >= 11 is 0. The second-order valence-corrected chi connectivity index (χ2v) is 7.29. The number of benzene rings is 1. The molecule has 0 bridgehead atoms. The van der Waals surface area contributed by atoms with Gasteiger partial charge in [-0.25, -0.2) is 17.2 Å². The van der Waals surface area contributed by atoms with E-state index in [0.717, 1.165) is 6.54 Å². The number of morpholine rings is 1. The van der Waals surface area contributed by atoms with Crippen LogP contribution in [0.2, 0.25) is 0 Å². The minimum absolute atomic E-state index is 0.0366. The molecule has 0 saturated carbocycles. The Morgan fingerprint density at radius 1 is 1.43 bits per heavy atom. The van der Waals surface area contributed by atoms with Gasteiger partial charge in [-0.3, -0.25) is 0 Å². The quantitative estimate of drug-likeness (QED) is 0.779. The Bertz CT molecular complexity index is 603. The predicted molar refractivity (Wildman–Crippen MR) is 72.1 cm³/mol. The molecule has 0 amide bonds. The number of halogens is 3. The summed E-state index contributed by atoms with van der Waals surface area (Å²) in [5.41, 5.74) is 0. The summed E-state index contributed by atoms with van der Waals surface area (Å²) in [6.45, 7) is 1.84. The van der Waals surface area contributed by atoms with E-state index in [1.807, 2.05) is 11.9 Å². The molecule has 0 spiro atoms. The number of ether oxygens (including phenoxy) is 2. The normalized spacial score (nSPS) is 20.5. The van der Waals surface area contributed by atoms with E-state index in [4.69, 9.17) is 20.2 Å². The largest absolute Gasteiger partial charge is 0.485 e. The first-order valence-electron chi connectivity index (χ1n) is 6.14. The molecule has 21 heavy (non-hydrogen) atoms. The number of nitrogens with zero attached hydrogens (tertiary/aromatic N) is 1. The van der Waals surface area contributed by atoms with Crippen molar-refractivity contribution in [2.24, 2.45) is 0 Å². The van der Waals surface area contributed by atoms with Crippen molar-refractivity contribution < 1.29 is 26.7 Å². The van der Waals surface area contributed by atoms with Crippen molar-refractivity contribution in [3.63, 3.8) is 0 Å². The summed E-state index contributed by atoms with van der Waals surface area (Å²) in [6.07, 6.45) is -0.306. The third-order valence-electron chi connectivity index (χ3n) is 3.01. The van der Waals surface area contributed by atoms with E-state index in [-0.39, 0.29) is 12.7 Å². The molecule has 0 radical (unpaired) electrons. The Kier molecular flexibility index (Phi) is 5.03. The summed E-state index contributed by atoms with van der Waals surface area (Å²) in [5.74, 6) is -2.90. The summed E-state index contributed by atoms with van der Waals surface area (Å²) < 4.78 is 60.1. The maximum atomic E-state index is 13.7. The van der Waals surface area contributed by atoms with Gasteiger partial charge in [-0.15, -0.1) is 0 Å². The van der Waals surface area contributed by atoms with E-state index in [0.29, 0.717) is 25.3 Å². The fraction of sp³-hybridized carbons (Fsp3) is 0.500. The standard InChI is InChI=1S/C12H14ClF2NO4S/c1-16-2-3-19-8(6-16)7-20-12-10(14)4-9(5-11(12)15)21(13,17)18/h4-5,8H,2-3,6-7H2,1H3. The monoisotopic (exact) mass is 341 g/mol. The molecule has 0 aliphatic carbocycles. The van der Waals surface area contributed by atoms with Crippen LogP contribution in [0.25, 0.3) is 0 Å². The molecular weight excluding hydrogens is 328 g/mol. The molecule has 1 atom stereocenters. The van der Waals surface area contributed by atoms with Crippen molar-refractivity contribution in [3.05, 3.63) is 23.8 Å². The molecule has 0 aromatic heterocycles. The number of likely N-dealkylation sites (N-methyl/N-ethyl adjacent to an activating group) is 1. The maximum absolute atomic E-state index is 13.7. The van der Waals surface area contributed by atoms with Crippen molar-refractivity contribution in [1.29, 1.82) is 0 Å². The highest BCUT2D eigenvalue weighted by atomic mass is 35.7. The van der Waals surface area contributed by atoms with Crippen LogP contribution in [-0.2, 0) is 13.8 Å². The second kappa shape index (κ2) is 6.43. The van der Waals surface area contributed by atoms with Crippen LogP contribution in [0.15, 0.2) is 17.0 Å². The smallest absolute Gasteiger partial charge is 0.261 e. The molecule has 1 aromatic rings. The van der Waals surface area contributed by atoms with Gasteiger partial charge in [0.15, 0.2) is 17.4 Å². The zero-order valence-electron chi connectivity index (χ0n) is 11.2. The Morgan fingerprint density at radius 3 is 2.57 bits per heavy atom. The van der Waals surface area contributed by atoms with Gasteiger partial charge in [0.2, 0.25) is 0 Å². The van der Waals surface area contributed by atoms with Crippen LogP contribution in [0.1, 0.15) is 0 Å². The van der Waals surface area contributed by atoms with E-state index in [1.165, 1.54) is 0 Å². The third kappa shape index (κ3) is 4.26. The number of hydrogen-bond acceptors (Lipinski definition) is 5. The van der Waals surface area contributed by atoms with Crippen molar-refractivity contribution in [3.8, 4) is 5.75 Å². The molecule has 1 aromatic carbocycles. The first-order valence-corrected chi connectivity index (χ1v) is 8.45.